The van der Waals surface area contributed by atoms with Gasteiger partial charge in [0, 0.05) is 19.4 Å². The monoisotopic (exact) mass is 420 g/mol. The summed E-state index contributed by atoms with van der Waals surface area (Å²) >= 11 is 0. The van der Waals surface area contributed by atoms with Crippen molar-refractivity contribution in [3.05, 3.63) is 0 Å². The van der Waals surface area contributed by atoms with Crippen LogP contribution in [0.2, 0.25) is 0 Å². The molecule has 0 N–H and O–H groups in total. The van der Waals surface area contributed by atoms with Gasteiger partial charge in [0.15, 0.2) is 6.29 Å². The minimum Gasteiger partial charge on any atom is -0.350 e. The number of rotatable bonds is 18. The molecule has 0 bridgehead atoms. The van der Waals surface area contributed by atoms with Crippen molar-refractivity contribution in [3.63, 3.8) is 0 Å². The average molecular weight is 421 g/mol. The smallest absolute Gasteiger partial charge is 0.283 e. The van der Waals surface area contributed by atoms with Crippen molar-refractivity contribution in [1.82, 2.24) is 0 Å². The molecular weight excluding hydrogens is 372 g/mol. The fourth-order valence-electron chi connectivity index (χ4n) is 2.50. The predicted molar refractivity (Wildman–Crippen MR) is 116 cm³/mol. The summed E-state index contributed by atoms with van der Waals surface area (Å²) in [5, 5.41) is 0. The molecule has 3 atom stereocenters. The molecule has 176 valence electrons. The number of unbranched alkanes of at least 4 members (excludes halogenated alkanes) is 1. The van der Waals surface area contributed by atoms with Gasteiger partial charge in [-0.3, -0.25) is 0 Å². The molecule has 0 aromatic carbocycles. The first-order chi connectivity index (χ1) is 13.6. The number of hydrogen-bond acceptors (Lipinski definition) is 6. The molecule has 0 rings (SSSR count). The molecule has 29 heavy (non-hydrogen) atoms. The highest BCUT2D eigenvalue weighted by Crippen LogP contribution is 2.29. The topological polar surface area (TPSA) is 55.4 Å². The van der Waals surface area contributed by atoms with Crippen LogP contribution in [0.15, 0.2) is 0 Å². The predicted octanol–water partition coefficient (Wildman–Crippen LogP) is 6.37. The third-order valence-corrected chi connectivity index (χ3v) is 4.03. The molecule has 0 saturated heterocycles. The van der Waals surface area contributed by atoms with Crippen LogP contribution >= 0.6 is 0 Å². The van der Waals surface area contributed by atoms with Crippen molar-refractivity contribution in [3.8, 4) is 0 Å². The van der Waals surface area contributed by atoms with Crippen LogP contribution in [0.25, 0.3) is 0 Å². The zero-order valence-corrected chi connectivity index (χ0v) is 20.5. The number of ether oxygens (including phenoxy) is 4. The van der Waals surface area contributed by atoms with Gasteiger partial charge >= 0.3 is 0 Å². The molecule has 0 aromatic heterocycles. The van der Waals surface area contributed by atoms with Gasteiger partial charge in [-0.15, -0.1) is 0 Å². The Labute approximate surface area is 179 Å². The van der Waals surface area contributed by atoms with Gasteiger partial charge in [-0.25, -0.2) is 9.78 Å². The SMILES string of the molecule is CCCCOC(CCCC(OCCC)OOC(C)(C)C)(OC(C)C)OC(C)CC. The van der Waals surface area contributed by atoms with Gasteiger partial charge in [-0.1, -0.05) is 27.2 Å². The quantitative estimate of drug-likeness (QED) is 0.111. The lowest BCUT2D eigenvalue weighted by molar-refractivity contribution is -0.421. The molecule has 0 aromatic rings. The lowest BCUT2D eigenvalue weighted by Gasteiger charge is -2.37. The zero-order chi connectivity index (χ0) is 22.3. The van der Waals surface area contributed by atoms with E-state index in [0.29, 0.717) is 26.1 Å². The standard InChI is InChI=1S/C23H48O6/c1-10-13-18-25-23(26-19(4)5,27-20(6)12-3)16-14-15-21(24-17-11-2)28-29-22(7,8)9/h19-21H,10-18H2,1-9H3. The average Bonchev–Trinajstić information content (AvgIpc) is 2.62. The molecule has 0 saturated carbocycles. The lowest BCUT2D eigenvalue weighted by atomic mass is 10.2. The Morgan fingerprint density at radius 3 is 2.03 bits per heavy atom. The van der Waals surface area contributed by atoms with Crippen molar-refractivity contribution >= 4 is 0 Å². The van der Waals surface area contributed by atoms with Crippen LogP contribution in [0.1, 0.15) is 107 Å². The maximum Gasteiger partial charge on any atom is 0.283 e. The van der Waals surface area contributed by atoms with Gasteiger partial charge in [0.1, 0.15) is 0 Å². The molecule has 0 aliphatic rings. The van der Waals surface area contributed by atoms with Crippen LogP contribution in [0.4, 0.5) is 0 Å². The van der Waals surface area contributed by atoms with E-state index in [4.69, 9.17) is 28.7 Å². The second kappa shape index (κ2) is 15.5. The van der Waals surface area contributed by atoms with Crippen molar-refractivity contribution in [2.24, 2.45) is 0 Å². The van der Waals surface area contributed by atoms with Gasteiger partial charge in [-0.2, -0.15) is 0 Å². The Bertz CT molecular complexity index is 382. The van der Waals surface area contributed by atoms with E-state index < -0.39 is 12.3 Å². The maximum atomic E-state index is 6.26. The van der Waals surface area contributed by atoms with Crippen LogP contribution in [0.3, 0.4) is 0 Å². The molecule has 6 heteroatoms. The van der Waals surface area contributed by atoms with Crippen LogP contribution in [-0.4, -0.2) is 43.3 Å². The van der Waals surface area contributed by atoms with Crippen LogP contribution < -0.4 is 0 Å². The number of hydrogen-bond donors (Lipinski definition) is 0. The van der Waals surface area contributed by atoms with E-state index in [1.165, 1.54) is 0 Å². The Hall–Kier alpha value is -0.240. The summed E-state index contributed by atoms with van der Waals surface area (Å²) in [5.41, 5.74) is -0.388. The maximum absolute atomic E-state index is 6.26. The van der Waals surface area contributed by atoms with E-state index >= 15 is 0 Å². The summed E-state index contributed by atoms with van der Waals surface area (Å²) in [4.78, 5) is 11.0. The van der Waals surface area contributed by atoms with Crippen molar-refractivity contribution < 1.29 is 28.7 Å². The van der Waals surface area contributed by atoms with E-state index in [-0.39, 0.29) is 17.8 Å². The zero-order valence-electron chi connectivity index (χ0n) is 20.5. The Balaban J connectivity index is 5.04. The Kier molecular flexibility index (Phi) is 15.4. The van der Waals surface area contributed by atoms with E-state index in [1.807, 2.05) is 34.6 Å². The lowest BCUT2D eigenvalue weighted by Crippen LogP contribution is -2.44. The fraction of sp³-hybridized carbons (Fsp3) is 1.00. The first kappa shape index (κ1) is 28.8. The molecule has 0 radical (unpaired) electrons. The summed E-state index contributed by atoms with van der Waals surface area (Å²) < 4.78 is 24.4. The van der Waals surface area contributed by atoms with E-state index in [1.54, 1.807) is 0 Å². The van der Waals surface area contributed by atoms with E-state index in [2.05, 4.69) is 27.7 Å². The van der Waals surface area contributed by atoms with Gasteiger partial charge in [-0.05, 0) is 67.2 Å². The van der Waals surface area contributed by atoms with Gasteiger partial charge in [0.2, 0.25) is 0 Å². The molecule has 3 unspecified atom stereocenters. The highest BCUT2D eigenvalue weighted by molar-refractivity contribution is 4.65. The molecule has 0 fully saturated rings. The van der Waals surface area contributed by atoms with Gasteiger partial charge in [0.05, 0.1) is 24.4 Å². The molecule has 0 spiro atoms. The summed E-state index contributed by atoms with van der Waals surface area (Å²) in [5.74, 6) is -1.04. The molecule has 0 aliphatic carbocycles. The van der Waals surface area contributed by atoms with Crippen molar-refractivity contribution in [1.29, 1.82) is 0 Å². The first-order valence-electron chi connectivity index (χ1n) is 11.5. The molecule has 0 heterocycles. The largest absolute Gasteiger partial charge is 0.350 e. The van der Waals surface area contributed by atoms with Crippen LogP contribution in [0, 0.1) is 0 Å². The third kappa shape index (κ3) is 15.2. The second-order valence-corrected chi connectivity index (χ2v) is 8.87. The van der Waals surface area contributed by atoms with Crippen LogP contribution in [0.5, 0.6) is 0 Å². The molecule has 0 aliphatic heterocycles. The summed E-state index contributed by atoms with van der Waals surface area (Å²) in [6.45, 7) is 19.5. The highest BCUT2D eigenvalue weighted by Gasteiger charge is 2.36. The van der Waals surface area contributed by atoms with Gasteiger partial charge < -0.3 is 18.9 Å². The van der Waals surface area contributed by atoms with Gasteiger partial charge in [0.25, 0.3) is 5.97 Å². The summed E-state index contributed by atoms with van der Waals surface area (Å²) in [6, 6.07) is 0. The normalized spacial score (nSPS) is 16.8. The van der Waals surface area contributed by atoms with E-state index in [9.17, 15) is 0 Å². The summed E-state index contributed by atoms with van der Waals surface area (Å²) in [7, 11) is 0. The molecular formula is C23H48O6. The fourth-order valence-corrected chi connectivity index (χ4v) is 2.50. The summed E-state index contributed by atoms with van der Waals surface area (Å²) in [6.07, 6.45) is 5.49. The van der Waals surface area contributed by atoms with Crippen LogP contribution in [-0.2, 0) is 28.7 Å². The first-order valence-corrected chi connectivity index (χ1v) is 11.5. The minimum absolute atomic E-state index is 0.00621. The second-order valence-electron chi connectivity index (χ2n) is 8.87. The Morgan fingerprint density at radius 2 is 1.52 bits per heavy atom. The third-order valence-electron chi connectivity index (χ3n) is 4.03. The van der Waals surface area contributed by atoms with Crippen molar-refractivity contribution in [2.45, 2.75) is 137 Å². The van der Waals surface area contributed by atoms with E-state index in [0.717, 1.165) is 32.1 Å². The minimum atomic E-state index is -1.04. The molecule has 6 nitrogen and oxygen atoms in total. The molecule has 0 amide bonds. The van der Waals surface area contributed by atoms with Crippen molar-refractivity contribution in [2.75, 3.05) is 13.2 Å². The highest BCUT2D eigenvalue weighted by atomic mass is 17.2. The Morgan fingerprint density at radius 1 is 0.828 bits per heavy atom.